The summed E-state index contributed by atoms with van der Waals surface area (Å²) in [4.78, 5) is 4.32. The minimum Gasteiger partial charge on any atom is -0.858 e. The second-order valence-corrected chi connectivity index (χ2v) is 6.37. The van der Waals surface area contributed by atoms with Gasteiger partial charge in [-0.2, -0.15) is 18.3 Å². The first kappa shape index (κ1) is 22.2. The Bertz CT molecular complexity index is 1240. The Kier molecular flexibility index (Phi) is 5.90. The van der Waals surface area contributed by atoms with Gasteiger partial charge in [0, 0.05) is 17.2 Å². The monoisotopic (exact) mass is 427 g/mol. The van der Waals surface area contributed by atoms with E-state index in [9.17, 15) is 27.1 Å². The molecule has 0 bridgehead atoms. The van der Waals surface area contributed by atoms with Gasteiger partial charge >= 0.3 is 35.7 Å². The van der Waals surface area contributed by atoms with Crippen molar-refractivity contribution in [1.82, 2.24) is 14.6 Å². The van der Waals surface area contributed by atoms with Gasteiger partial charge in [0.2, 0.25) is 0 Å². The molecule has 0 amide bonds. The van der Waals surface area contributed by atoms with Gasteiger partial charge in [-0.25, -0.2) is 18.3 Å². The van der Waals surface area contributed by atoms with Gasteiger partial charge in [0.25, 0.3) is 0 Å². The number of aryl methyl sites for hydroxylation is 1. The van der Waals surface area contributed by atoms with E-state index in [0.717, 1.165) is 28.8 Å². The van der Waals surface area contributed by atoms with Crippen LogP contribution in [0.4, 0.5) is 22.0 Å². The number of nitrogens with zero attached hydrogens (tertiary/aromatic N) is 3. The molecule has 0 aliphatic heterocycles. The summed E-state index contributed by atoms with van der Waals surface area (Å²) >= 11 is 0. The van der Waals surface area contributed by atoms with Gasteiger partial charge in [0.1, 0.15) is 11.6 Å². The Morgan fingerprint density at radius 2 is 1.63 bits per heavy atom. The van der Waals surface area contributed by atoms with Crippen LogP contribution in [0.1, 0.15) is 11.3 Å². The number of fused-ring (bicyclic) bond motifs is 1. The Hall–Kier alpha value is -2.49. The molecule has 0 unspecified atom stereocenters. The second kappa shape index (κ2) is 7.98. The molecule has 0 aliphatic carbocycles. The van der Waals surface area contributed by atoms with E-state index in [2.05, 4.69) is 10.1 Å². The first-order chi connectivity index (χ1) is 13.6. The van der Waals surface area contributed by atoms with Crippen molar-refractivity contribution in [2.45, 2.75) is 13.1 Å². The van der Waals surface area contributed by atoms with Crippen molar-refractivity contribution in [2.24, 2.45) is 0 Å². The number of hydrogen-bond donors (Lipinski definition) is 0. The Morgan fingerprint density at radius 3 is 2.23 bits per heavy atom. The van der Waals surface area contributed by atoms with E-state index in [1.54, 1.807) is 6.92 Å². The number of rotatable bonds is 2. The van der Waals surface area contributed by atoms with Crippen LogP contribution in [0.15, 0.2) is 48.5 Å². The van der Waals surface area contributed by atoms with E-state index in [0.29, 0.717) is 11.8 Å². The van der Waals surface area contributed by atoms with Gasteiger partial charge in [0.05, 0.1) is 22.5 Å². The number of hydrogen-bond acceptors (Lipinski definition) is 3. The second-order valence-electron chi connectivity index (χ2n) is 6.37. The van der Waals surface area contributed by atoms with Gasteiger partial charge < -0.3 is 5.11 Å². The van der Waals surface area contributed by atoms with Crippen LogP contribution in [-0.4, -0.2) is 14.6 Å². The smallest absolute Gasteiger partial charge is 0.858 e. The number of halogens is 5. The molecule has 2 aromatic heterocycles. The first-order valence-electron chi connectivity index (χ1n) is 8.35. The SMILES string of the molecule is Cc1nn2c([O-])cc(-c3ccc(C(F)(F)F)cc3)nc2c1-c1ccc(F)cc1F.[Na+]. The normalized spacial score (nSPS) is 11.5. The van der Waals surface area contributed by atoms with E-state index in [1.807, 2.05) is 0 Å². The van der Waals surface area contributed by atoms with E-state index in [4.69, 9.17) is 0 Å². The van der Waals surface area contributed by atoms with Crippen molar-refractivity contribution < 1.29 is 56.6 Å². The number of aromatic nitrogens is 3. The summed E-state index contributed by atoms with van der Waals surface area (Å²) in [5, 5.41) is 16.5. The quantitative estimate of drug-likeness (QED) is 0.362. The maximum absolute atomic E-state index is 14.3. The molecule has 0 fully saturated rings. The van der Waals surface area contributed by atoms with Crippen LogP contribution in [-0.2, 0) is 6.18 Å². The van der Waals surface area contributed by atoms with Crippen LogP contribution in [0.5, 0.6) is 5.88 Å². The molecule has 0 atom stereocenters. The summed E-state index contributed by atoms with van der Waals surface area (Å²) in [5.74, 6) is -2.19. The third-order valence-electron chi connectivity index (χ3n) is 4.44. The van der Waals surface area contributed by atoms with Gasteiger partial charge in [0.15, 0.2) is 5.65 Å². The molecule has 0 aliphatic rings. The molecule has 0 saturated carbocycles. The van der Waals surface area contributed by atoms with Crippen molar-refractivity contribution in [3.8, 4) is 28.3 Å². The molecular weight excluding hydrogens is 416 g/mol. The van der Waals surface area contributed by atoms with Crippen molar-refractivity contribution in [2.75, 3.05) is 0 Å². The molecule has 0 spiro atoms. The predicted molar refractivity (Wildman–Crippen MR) is 93.0 cm³/mol. The Morgan fingerprint density at radius 1 is 0.967 bits per heavy atom. The summed E-state index contributed by atoms with van der Waals surface area (Å²) in [6, 6.07) is 8.28. The molecule has 4 nitrogen and oxygen atoms in total. The van der Waals surface area contributed by atoms with Crippen molar-refractivity contribution in [3.05, 3.63) is 71.4 Å². The Balaban J connectivity index is 0.00000256. The van der Waals surface area contributed by atoms with Gasteiger partial charge in [-0.15, -0.1) is 0 Å². The van der Waals surface area contributed by atoms with Gasteiger partial charge in [-0.05, 0) is 43.1 Å². The summed E-state index contributed by atoms with van der Waals surface area (Å²) < 4.78 is 66.8. The summed E-state index contributed by atoms with van der Waals surface area (Å²) in [7, 11) is 0. The molecule has 30 heavy (non-hydrogen) atoms. The maximum Gasteiger partial charge on any atom is 1.00 e. The van der Waals surface area contributed by atoms with Crippen LogP contribution in [0, 0.1) is 18.6 Å². The zero-order valence-corrected chi connectivity index (χ0v) is 17.8. The van der Waals surface area contributed by atoms with Crippen molar-refractivity contribution in [3.63, 3.8) is 0 Å². The van der Waals surface area contributed by atoms with Crippen LogP contribution < -0.4 is 34.7 Å². The fraction of sp³-hybridized carbons (Fsp3) is 0.100. The fourth-order valence-electron chi connectivity index (χ4n) is 3.08. The van der Waals surface area contributed by atoms with E-state index in [-0.39, 0.29) is 57.6 Å². The molecule has 10 heteroatoms. The van der Waals surface area contributed by atoms with E-state index < -0.39 is 29.3 Å². The summed E-state index contributed by atoms with van der Waals surface area (Å²) in [6.07, 6.45) is -4.49. The van der Waals surface area contributed by atoms with Gasteiger partial charge in [-0.1, -0.05) is 12.1 Å². The molecule has 0 saturated heterocycles. The van der Waals surface area contributed by atoms with Crippen molar-refractivity contribution in [1.29, 1.82) is 0 Å². The molecular formula is C20H11F5N3NaO. The van der Waals surface area contributed by atoms with Gasteiger partial charge in [-0.3, -0.25) is 0 Å². The maximum atomic E-state index is 14.3. The topological polar surface area (TPSA) is 53.2 Å². The van der Waals surface area contributed by atoms with Crippen LogP contribution >= 0.6 is 0 Å². The summed E-state index contributed by atoms with van der Waals surface area (Å²) in [5.41, 5.74) is 0.0876. The largest absolute Gasteiger partial charge is 1.00 e. The molecule has 0 radical (unpaired) electrons. The standard InChI is InChI=1S/C20H12F5N3O.Na/c1-10-18(14-7-6-13(21)8-15(14)22)19-26-16(9-17(29)28(19)27-10)11-2-4-12(5-3-11)20(23,24)25;/h2-9,29H,1H3;/q;+1/p-1. The summed E-state index contributed by atoms with van der Waals surface area (Å²) in [6.45, 7) is 1.55. The molecule has 2 aromatic carbocycles. The zero-order valence-electron chi connectivity index (χ0n) is 15.8. The molecule has 148 valence electrons. The minimum atomic E-state index is -4.49. The predicted octanol–water partition coefficient (Wildman–Crippen LogP) is 1.75. The minimum absolute atomic E-state index is 0. The van der Waals surface area contributed by atoms with Crippen LogP contribution in [0.25, 0.3) is 28.0 Å². The van der Waals surface area contributed by atoms with Crippen molar-refractivity contribution >= 4 is 5.65 Å². The Labute approximate surface area is 189 Å². The molecule has 0 N–H and O–H groups in total. The van der Waals surface area contributed by atoms with Crippen LogP contribution in [0.2, 0.25) is 0 Å². The van der Waals surface area contributed by atoms with Crippen LogP contribution in [0.3, 0.4) is 0 Å². The third kappa shape index (κ3) is 3.92. The average Bonchev–Trinajstić information content (AvgIpc) is 2.98. The average molecular weight is 427 g/mol. The molecule has 4 aromatic rings. The molecule has 4 rings (SSSR count). The van der Waals surface area contributed by atoms with E-state index in [1.165, 1.54) is 18.2 Å². The zero-order chi connectivity index (χ0) is 20.9. The fourth-order valence-corrected chi connectivity index (χ4v) is 3.08. The third-order valence-corrected chi connectivity index (χ3v) is 4.44. The number of benzene rings is 2. The molecule has 2 heterocycles. The number of alkyl halides is 3. The first-order valence-corrected chi connectivity index (χ1v) is 8.35. The van der Waals surface area contributed by atoms with E-state index >= 15 is 0 Å².